The molecule has 6 nitrogen and oxygen atoms in total. The fraction of sp³-hybridized carbons (Fsp3) is 0.733. The first-order valence-electron chi connectivity index (χ1n) is 14.5. The van der Waals surface area contributed by atoms with E-state index in [2.05, 4.69) is 19.2 Å². The maximum absolute atomic E-state index is 14.8. The molecule has 8 heteroatoms. The molecule has 4 aliphatic rings. The Labute approximate surface area is 225 Å². The SMILES string of the molecule is CN[C@@H]1CC(c2ccc(F)cc2F)[C@H](C(=O)N2CCC(CN3C(=O)OCC3(C)C)(C3CCCCC3)CC2)C1. The normalized spacial score (nSPS) is 29.5. The first kappa shape index (κ1) is 27.4. The number of nitrogens with zero attached hydrogens (tertiary/aromatic N) is 2. The predicted octanol–water partition coefficient (Wildman–Crippen LogP) is 5.47. The number of ether oxygens (including phenoxy) is 1. The second-order valence-electron chi connectivity index (χ2n) is 12.8. The summed E-state index contributed by atoms with van der Waals surface area (Å²) in [4.78, 5) is 30.5. The topological polar surface area (TPSA) is 61.9 Å². The van der Waals surface area contributed by atoms with Crippen LogP contribution in [0.5, 0.6) is 0 Å². The molecular formula is C30H43F2N3O3. The zero-order valence-corrected chi connectivity index (χ0v) is 23.1. The minimum Gasteiger partial charge on any atom is -0.447 e. The molecule has 1 N–H and O–H groups in total. The number of amides is 2. The molecule has 2 saturated heterocycles. The molecule has 210 valence electrons. The molecule has 4 fully saturated rings. The van der Waals surface area contributed by atoms with E-state index in [0.717, 1.165) is 18.9 Å². The van der Waals surface area contributed by atoms with Gasteiger partial charge in [-0.1, -0.05) is 25.3 Å². The molecule has 0 radical (unpaired) electrons. The Bertz CT molecular complexity index is 1030. The first-order chi connectivity index (χ1) is 18.1. The molecule has 1 aromatic carbocycles. The van der Waals surface area contributed by atoms with Crippen LogP contribution in [0.15, 0.2) is 18.2 Å². The van der Waals surface area contributed by atoms with E-state index in [4.69, 9.17) is 4.74 Å². The lowest BCUT2D eigenvalue weighted by Gasteiger charge is -2.51. The highest BCUT2D eigenvalue weighted by molar-refractivity contribution is 5.80. The minimum atomic E-state index is -0.600. The summed E-state index contributed by atoms with van der Waals surface area (Å²) < 4.78 is 33.8. The number of likely N-dealkylation sites (tertiary alicyclic amines) is 1. The fourth-order valence-corrected chi connectivity index (χ4v) is 7.74. The molecule has 0 bridgehead atoms. The van der Waals surface area contributed by atoms with E-state index in [1.807, 2.05) is 16.8 Å². The van der Waals surface area contributed by atoms with E-state index < -0.39 is 11.6 Å². The van der Waals surface area contributed by atoms with E-state index >= 15 is 0 Å². The second-order valence-corrected chi connectivity index (χ2v) is 12.8. The molecule has 5 rings (SSSR count). The molecular weight excluding hydrogens is 488 g/mol. The largest absolute Gasteiger partial charge is 0.447 e. The Morgan fingerprint density at radius 3 is 2.42 bits per heavy atom. The quantitative estimate of drug-likeness (QED) is 0.529. The first-order valence-corrected chi connectivity index (χ1v) is 14.5. The van der Waals surface area contributed by atoms with Crippen LogP contribution in [0, 0.1) is 28.9 Å². The van der Waals surface area contributed by atoms with Gasteiger partial charge in [-0.15, -0.1) is 0 Å². The Morgan fingerprint density at radius 1 is 1.11 bits per heavy atom. The number of halogens is 2. The van der Waals surface area contributed by atoms with Crippen LogP contribution >= 0.6 is 0 Å². The molecule has 38 heavy (non-hydrogen) atoms. The molecule has 0 spiro atoms. The van der Waals surface area contributed by atoms with Gasteiger partial charge < -0.3 is 15.0 Å². The van der Waals surface area contributed by atoms with Crippen molar-refractivity contribution in [3.05, 3.63) is 35.4 Å². The van der Waals surface area contributed by atoms with E-state index in [-0.39, 0.29) is 40.8 Å². The van der Waals surface area contributed by atoms with Crippen molar-refractivity contribution in [1.82, 2.24) is 15.1 Å². The van der Waals surface area contributed by atoms with Crippen LogP contribution in [-0.4, -0.2) is 66.7 Å². The molecule has 3 atom stereocenters. The Morgan fingerprint density at radius 2 is 1.82 bits per heavy atom. The van der Waals surface area contributed by atoms with E-state index in [1.165, 1.54) is 44.2 Å². The van der Waals surface area contributed by atoms with Crippen molar-refractivity contribution >= 4 is 12.0 Å². The number of cyclic esters (lactones) is 1. The molecule has 0 aromatic heterocycles. The summed E-state index contributed by atoms with van der Waals surface area (Å²) in [5.74, 6) is -1.15. The number of nitrogens with one attached hydrogen (secondary N) is 1. The van der Waals surface area contributed by atoms with Crippen LogP contribution in [0.2, 0.25) is 0 Å². The number of rotatable bonds is 6. The molecule has 2 amide bonds. The Hall–Kier alpha value is -2.22. The molecule has 2 heterocycles. The molecule has 1 aromatic rings. The number of hydrogen-bond donors (Lipinski definition) is 1. The van der Waals surface area contributed by atoms with Gasteiger partial charge in [0, 0.05) is 37.7 Å². The van der Waals surface area contributed by atoms with Gasteiger partial charge in [-0.25, -0.2) is 13.6 Å². The van der Waals surface area contributed by atoms with Crippen molar-refractivity contribution < 1.29 is 23.1 Å². The van der Waals surface area contributed by atoms with Crippen molar-refractivity contribution in [3.63, 3.8) is 0 Å². The summed E-state index contributed by atoms with van der Waals surface area (Å²) >= 11 is 0. The minimum absolute atomic E-state index is 0.0243. The predicted molar refractivity (Wildman–Crippen MR) is 142 cm³/mol. The highest BCUT2D eigenvalue weighted by Gasteiger charge is 2.50. The van der Waals surface area contributed by atoms with Gasteiger partial charge in [0.2, 0.25) is 5.91 Å². The summed E-state index contributed by atoms with van der Waals surface area (Å²) in [7, 11) is 1.87. The molecule has 2 saturated carbocycles. The number of carbonyl (C=O) groups is 2. The summed E-state index contributed by atoms with van der Waals surface area (Å²) in [6.45, 7) is 6.53. The molecule has 1 unspecified atom stereocenters. The van der Waals surface area contributed by atoms with Crippen LogP contribution < -0.4 is 5.32 Å². The number of piperidine rings is 1. The number of carbonyl (C=O) groups excluding carboxylic acids is 2. The number of benzene rings is 1. The smallest absolute Gasteiger partial charge is 0.410 e. The molecule has 2 aliphatic heterocycles. The van der Waals surface area contributed by atoms with Gasteiger partial charge in [-0.3, -0.25) is 9.69 Å². The summed E-state index contributed by atoms with van der Waals surface area (Å²) in [5, 5.41) is 3.27. The maximum Gasteiger partial charge on any atom is 0.410 e. The third kappa shape index (κ3) is 5.17. The van der Waals surface area contributed by atoms with Crippen molar-refractivity contribution in [3.8, 4) is 0 Å². The van der Waals surface area contributed by atoms with Gasteiger partial charge in [0.05, 0.1) is 5.54 Å². The lowest BCUT2D eigenvalue weighted by molar-refractivity contribution is -0.139. The average molecular weight is 532 g/mol. The second kappa shape index (κ2) is 10.7. The zero-order valence-electron chi connectivity index (χ0n) is 23.1. The summed E-state index contributed by atoms with van der Waals surface area (Å²) in [6.07, 6.45) is 8.87. The average Bonchev–Trinajstić information content (AvgIpc) is 3.45. The standard InChI is InChI=1S/C30H43F2N3O3/c1-29(2)19-38-28(37)35(29)18-30(20-7-5-4-6-8-20)11-13-34(14-12-30)27(36)25-17-22(33-3)16-24(25)23-10-9-21(31)15-26(23)32/h9-10,15,20,22,24-25,33H,4-8,11-14,16-19H2,1-3H3/t22-,24?,25-/m1/s1. The van der Waals surface area contributed by atoms with Crippen molar-refractivity contribution in [2.45, 2.75) is 89.1 Å². The van der Waals surface area contributed by atoms with Crippen molar-refractivity contribution in [2.75, 3.05) is 33.3 Å². The van der Waals surface area contributed by atoms with Gasteiger partial charge in [0.15, 0.2) is 0 Å². The highest BCUT2D eigenvalue weighted by Crippen LogP contribution is 2.49. The fourth-order valence-electron chi connectivity index (χ4n) is 7.74. The third-order valence-corrected chi connectivity index (χ3v) is 10.2. The van der Waals surface area contributed by atoms with Crippen LogP contribution in [-0.2, 0) is 9.53 Å². The summed E-state index contributed by atoms with van der Waals surface area (Å²) in [5.41, 5.74) is 0.0824. The third-order valence-electron chi connectivity index (χ3n) is 10.2. The van der Waals surface area contributed by atoms with Crippen LogP contribution in [0.3, 0.4) is 0 Å². The summed E-state index contributed by atoms with van der Waals surface area (Å²) in [6, 6.07) is 3.84. The van der Waals surface area contributed by atoms with E-state index in [9.17, 15) is 18.4 Å². The van der Waals surface area contributed by atoms with Gasteiger partial charge in [-0.2, -0.15) is 0 Å². The van der Waals surface area contributed by atoms with Gasteiger partial charge >= 0.3 is 6.09 Å². The van der Waals surface area contributed by atoms with Crippen LogP contribution in [0.1, 0.15) is 83.1 Å². The van der Waals surface area contributed by atoms with E-state index in [0.29, 0.717) is 50.6 Å². The van der Waals surface area contributed by atoms with Gasteiger partial charge in [-0.05, 0) is 88.3 Å². The maximum atomic E-state index is 14.8. The van der Waals surface area contributed by atoms with Gasteiger partial charge in [0.25, 0.3) is 0 Å². The zero-order chi connectivity index (χ0) is 27.1. The Balaban J connectivity index is 1.34. The van der Waals surface area contributed by atoms with Crippen molar-refractivity contribution in [2.24, 2.45) is 17.3 Å². The lowest BCUT2D eigenvalue weighted by atomic mass is 9.63. The lowest BCUT2D eigenvalue weighted by Crippen LogP contribution is -2.55. The number of hydrogen-bond acceptors (Lipinski definition) is 4. The molecule has 2 aliphatic carbocycles. The Kier molecular flexibility index (Phi) is 7.73. The van der Waals surface area contributed by atoms with Crippen LogP contribution in [0.4, 0.5) is 13.6 Å². The van der Waals surface area contributed by atoms with Gasteiger partial charge in [0.1, 0.15) is 18.2 Å². The van der Waals surface area contributed by atoms with E-state index in [1.54, 1.807) is 0 Å². The highest BCUT2D eigenvalue weighted by atomic mass is 19.1. The van der Waals surface area contributed by atoms with Crippen LogP contribution in [0.25, 0.3) is 0 Å². The van der Waals surface area contributed by atoms with Crippen molar-refractivity contribution in [1.29, 1.82) is 0 Å². The monoisotopic (exact) mass is 531 g/mol.